The number of quaternary nitrogens is 2. The van der Waals surface area contributed by atoms with Crippen LogP contribution in [0.5, 0.6) is 0 Å². The minimum absolute atomic E-state index is 0.229. The number of rotatable bonds is 2. The van der Waals surface area contributed by atoms with E-state index in [9.17, 15) is 4.79 Å². The zero-order valence-corrected chi connectivity index (χ0v) is 13.8. The molecule has 0 aliphatic carbocycles. The molecule has 22 heavy (non-hydrogen) atoms. The smallest absolute Gasteiger partial charge is 0.336 e. The van der Waals surface area contributed by atoms with E-state index in [2.05, 4.69) is 26.1 Å². The number of fused-ring (bicyclic) bond motifs is 1. The summed E-state index contributed by atoms with van der Waals surface area (Å²) in [5.74, 6) is 0. The molecule has 1 fully saturated rings. The molecule has 2 heterocycles. The molecule has 2 N–H and O–H groups in total. The van der Waals surface area contributed by atoms with Gasteiger partial charge in [-0.1, -0.05) is 12.1 Å². The van der Waals surface area contributed by atoms with Gasteiger partial charge in [0.1, 0.15) is 25.2 Å². The standard InChI is InChI=1S/C18H24N2O2/c1-13-5-6-16-15(11-17(21)22-18(16)14(13)2)12-20-8-4-7-19(3)9-10-20/h5-6,11H,4,7-10,12H2,1-3H3/p+2. The van der Waals surface area contributed by atoms with Gasteiger partial charge in [0.2, 0.25) is 0 Å². The molecule has 2 atom stereocenters. The zero-order chi connectivity index (χ0) is 15.7. The SMILES string of the molecule is Cc1ccc2c(C[NH+]3CCC[NH+](C)CC3)cc(=O)oc2c1C. The molecule has 1 aliphatic heterocycles. The Morgan fingerprint density at radius 2 is 1.95 bits per heavy atom. The Bertz CT molecular complexity index is 736. The number of benzene rings is 1. The van der Waals surface area contributed by atoms with Gasteiger partial charge in [-0.15, -0.1) is 0 Å². The maximum Gasteiger partial charge on any atom is 0.336 e. The zero-order valence-electron chi connectivity index (χ0n) is 13.8. The van der Waals surface area contributed by atoms with Crippen LogP contribution in [0, 0.1) is 13.8 Å². The molecule has 3 rings (SSSR count). The van der Waals surface area contributed by atoms with E-state index >= 15 is 0 Å². The molecule has 118 valence electrons. The monoisotopic (exact) mass is 302 g/mol. The van der Waals surface area contributed by atoms with Crippen LogP contribution in [-0.4, -0.2) is 33.2 Å². The number of nitrogens with one attached hydrogen (secondary N) is 2. The topological polar surface area (TPSA) is 39.1 Å². The largest absolute Gasteiger partial charge is 0.422 e. The first-order chi connectivity index (χ1) is 10.5. The van der Waals surface area contributed by atoms with Gasteiger partial charge >= 0.3 is 5.63 Å². The summed E-state index contributed by atoms with van der Waals surface area (Å²) in [6.45, 7) is 9.80. The van der Waals surface area contributed by atoms with Crippen molar-refractivity contribution in [2.75, 3.05) is 33.2 Å². The molecule has 4 nitrogen and oxygen atoms in total. The average Bonchev–Trinajstić information content (AvgIpc) is 2.68. The average molecular weight is 302 g/mol. The van der Waals surface area contributed by atoms with Crippen LogP contribution in [-0.2, 0) is 6.54 Å². The quantitative estimate of drug-likeness (QED) is 0.749. The van der Waals surface area contributed by atoms with E-state index in [4.69, 9.17) is 4.42 Å². The predicted molar refractivity (Wildman–Crippen MR) is 87.6 cm³/mol. The first-order valence-electron chi connectivity index (χ1n) is 8.22. The van der Waals surface area contributed by atoms with Gasteiger partial charge in [-0.3, -0.25) is 0 Å². The van der Waals surface area contributed by atoms with Crippen LogP contribution in [0.1, 0.15) is 23.1 Å². The van der Waals surface area contributed by atoms with E-state index < -0.39 is 0 Å². The van der Waals surface area contributed by atoms with Gasteiger partial charge in [-0.2, -0.15) is 0 Å². The lowest BCUT2D eigenvalue weighted by molar-refractivity contribution is -0.938. The highest BCUT2D eigenvalue weighted by Gasteiger charge is 2.19. The molecule has 0 spiro atoms. The Balaban J connectivity index is 1.96. The molecule has 1 aliphatic rings. The summed E-state index contributed by atoms with van der Waals surface area (Å²) in [4.78, 5) is 15.1. The summed E-state index contributed by atoms with van der Waals surface area (Å²) < 4.78 is 5.48. The van der Waals surface area contributed by atoms with Gasteiger partial charge in [0.15, 0.2) is 0 Å². The minimum Gasteiger partial charge on any atom is -0.422 e. The third-order valence-corrected chi connectivity index (χ3v) is 5.00. The maximum atomic E-state index is 11.9. The third kappa shape index (κ3) is 3.08. The number of hydrogen-bond donors (Lipinski definition) is 2. The van der Waals surface area contributed by atoms with Crippen LogP contribution in [0.4, 0.5) is 0 Å². The fourth-order valence-electron chi connectivity index (χ4n) is 3.40. The van der Waals surface area contributed by atoms with Crippen molar-refractivity contribution in [2.24, 2.45) is 0 Å². The van der Waals surface area contributed by atoms with Crippen molar-refractivity contribution in [1.82, 2.24) is 0 Å². The van der Waals surface area contributed by atoms with Crippen LogP contribution < -0.4 is 15.4 Å². The fourth-order valence-corrected chi connectivity index (χ4v) is 3.40. The van der Waals surface area contributed by atoms with E-state index in [1.807, 2.05) is 6.92 Å². The van der Waals surface area contributed by atoms with E-state index in [0.29, 0.717) is 0 Å². The number of likely N-dealkylation sites (N-methyl/N-ethyl adjacent to an activating group) is 1. The highest BCUT2D eigenvalue weighted by molar-refractivity contribution is 5.83. The summed E-state index contributed by atoms with van der Waals surface area (Å²) in [6, 6.07) is 5.91. The summed E-state index contributed by atoms with van der Waals surface area (Å²) in [6.07, 6.45) is 1.25. The lowest BCUT2D eigenvalue weighted by Crippen LogP contribution is -3.15. The molecule has 2 unspecified atom stereocenters. The van der Waals surface area contributed by atoms with Crippen LogP contribution in [0.3, 0.4) is 0 Å². The van der Waals surface area contributed by atoms with Crippen molar-refractivity contribution >= 4 is 11.0 Å². The molecular formula is C18H26N2O2+2. The Hall–Kier alpha value is -1.65. The first-order valence-corrected chi connectivity index (χ1v) is 8.22. The predicted octanol–water partition coefficient (Wildman–Crippen LogP) is -0.287. The lowest BCUT2D eigenvalue weighted by atomic mass is 10.0. The van der Waals surface area contributed by atoms with Crippen molar-refractivity contribution in [3.63, 3.8) is 0 Å². The molecule has 0 bridgehead atoms. The summed E-state index contributed by atoms with van der Waals surface area (Å²) >= 11 is 0. The van der Waals surface area contributed by atoms with Crippen LogP contribution in [0.15, 0.2) is 27.4 Å². The van der Waals surface area contributed by atoms with Crippen molar-refractivity contribution in [3.05, 3.63) is 45.3 Å². The normalized spacial score (nSPS) is 22.7. The summed E-state index contributed by atoms with van der Waals surface area (Å²) in [5, 5.41) is 1.10. The highest BCUT2D eigenvalue weighted by atomic mass is 16.4. The molecular weight excluding hydrogens is 276 g/mol. The van der Waals surface area contributed by atoms with E-state index in [-0.39, 0.29) is 5.63 Å². The van der Waals surface area contributed by atoms with Gasteiger partial charge in [0.25, 0.3) is 0 Å². The molecule has 0 saturated carbocycles. The van der Waals surface area contributed by atoms with Crippen molar-refractivity contribution in [2.45, 2.75) is 26.8 Å². The van der Waals surface area contributed by atoms with Crippen LogP contribution >= 0.6 is 0 Å². The van der Waals surface area contributed by atoms with Gasteiger partial charge in [0, 0.05) is 23.4 Å². The summed E-state index contributed by atoms with van der Waals surface area (Å²) in [7, 11) is 2.27. The lowest BCUT2D eigenvalue weighted by Gasteiger charge is -2.17. The summed E-state index contributed by atoms with van der Waals surface area (Å²) in [5.41, 5.74) is 3.91. The first kappa shape index (κ1) is 15.3. The van der Waals surface area contributed by atoms with E-state index in [1.54, 1.807) is 15.9 Å². The van der Waals surface area contributed by atoms with Gasteiger partial charge in [-0.05, 0) is 25.0 Å². The molecule has 0 amide bonds. The Kier molecular flexibility index (Phi) is 4.32. The second-order valence-corrected chi connectivity index (χ2v) is 6.71. The van der Waals surface area contributed by atoms with Gasteiger partial charge in [-0.25, -0.2) is 4.79 Å². The molecule has 1 aromatic carbocycles. The van der Waals surface area contributed by atoms with Gasteiger partial charge < -0.3 is 14.2 Å². The molecule has 4 heteroatoms. The Morgan fingerprint density at radius 1 is 1.14 bits per heavy atom. The van der Waals surface area contributed by atoms with Crippen molar-refractivity contribution in [1.29, 1.82) is 0 Å². The maximum absolute atomic E-state index is 11.9. The van der Waals surface area contributed by atoms with Crippen LogP contribution in [0.25, 0.3) is 11.0 Å². The van der Waals surface area contributed by atoms with Crippen molar-refractivity contribution < 1.29 is 14.2 Å². The van der Waals surface area contributed by atoms with Crippen LogP contribution in [0.2, 0.25) is 0 Å². The Labute approximate surface area is 131 Å². The second-order valence-electron chi connectivity index (χ2n) is 6.71. The number of aryl methyl sites for hydroxylation is 2. The van der Waals surface area contributed by atoms with Crippen molar-refractivity contribution in [3.8, 4) is 0 Å². The van der Waals surface area contributed by atoms with Gasteiger partial charge in [0.05, 0.1) is 20.1 Å². The fraction of sp³-hybridized carbons (Fsp3) is 0.500. The molecule has 2 aromatic rings. The molecule has 0 radical (unpaired) electrons. The number of hydrogen-bond acceptors (Lipinski definition) is 2. The molecule has 1 saturated heterocycles. The highest BCUT2D eigenvalue weighted by Crippen LogP contribution is 2.22. The second kappa shape index (κ2) is 6.23. The van der Waals surface area contributed by atoms with E-state index in [0.717, 1.165) is 28.6 Å². The molecule has 1 aromatic heterocycles. The minimum atomic E-state index is -0.229. The third-order valence-electron chi connectivity index (χ3n) is 5.00. The Morgan fingerprint density at radius 3 is 2.77 bits per heavy atom. The van der Waals surface area contributed by atoms with E-state index in [1.165, 1.54) is 38.2 Å².